The van der Waals surface area contributed by atoms with Gasteiger partial charge in [0.2, 0.25) is 0 Å². The highest BCUT2D eigenvalue weighted by Crippen LogP contribution is 2.22. The predicted octanol–water partition coefficient (Wildman–Crippen LogP) is 3.77. The predicted molar refractivity (Wildman–Crippen MR) is 125 cm³/mol. The van der Waals surface area contributed by atoms with E-state index < -0.39 is 10.0 Å². The average Bonchev–Trinajstić information content (AvgIpc) is 2.82. The Morgan fingerprint density at radius 1 is 0.839 bits per heavy atom. The lowest BCUT2D eigenvalue weighted by Gasteiger charge is -2.20. The van der Waals surface area contributed by atoms with Crippen LogP contribution < -0.4 is 14.5 Å². The highest BCUT2D eigenvalue weighted by Gasteiger charge is 2.22. The second kappa shape index (κ2) is 10.1. The van der Waals surface area contributed by atoms with Gasteiger partial charge in [-0.25, -0.2) is 8.42 Å². The third-order valence-corrected chi connectivity index (χ3v) is 6.81. The van der Waals surface area contributed by atoms with Crippen LogP contribution in [0.25, 0.3) is 0 Å². The van der Waals surface area contributed by atoms with Gasteiger partial charge in [-0.1, -0.05) is 42.5 Å². The third-order valence-electron chi connectivity index (χ3n) is 5.03. The first kappa shape index (κ1) is 22.4. The van der Waals surface area contributed by atoms with Gasteiger partial charge in [-0.05, 0) is 48.9 Å². The Balaban J connectivity index is 1.60. The zero-order valence-electron chi connectivity index (χ0n) is 17.7. The number of rotatable bonds is 9. The van der Waals surface area contributed by atoms with Crippen molar-refractivity contribution in [2.24, 2.45) is 0 Å². The Hall–Kier alpha value is -3.32. The fraction of sp³-hybridized carbons (Fsp3) is 0.208. The van der Waals surface area contributed by atoms with Crippen molar-refractivity contribution in [3.63, 3.8) is 0 Å². The molecule has 0 aromatic heterocycles. The standard InChI is InChI=1S/C24H27N3O3S/c1-26(21-12-5-3-6-13-21)18-10-17-25-24(28)20-11-9-16-23(19-20)31(29,30)27(2)22-14-7-4-8-15-22/h3-9,11-16,19H,10,17-18H2,1-2H3,(H,25,28). The van der Waals surface area contributed by atoms with E-state index in [2.05, 4.69) is 10.2 Å². The summed E-state index contributed by atoms with van der Waals surface area (Å²) >= 11 is 0. The van der Waals surface area contributed by atoms with Crippen molar-refractivity contribution in [1.29, 1.82) is 0 Å². The topological polar surface area (TPSA) is 69.7 Å². The van der Waals surface area contributed by atoms with Crippen LogP contribution in [-0.4, -0.2) is 41.5 Å². The third kappa shape index (κ3) is 5.64. The molecule has 0 aliphatic heterocycles. The van der Waals surface area contributed by atoms with E-state index in [1.807, 2.05) is 43.4 Å². The van der Waals surface area contributed by atoms with Gasteiger partial charge in [0.15, 0.2) is 0 Å². The van der Waals surface area contributed by atoms with Gasteiger partial charge in [0, 0.05) is 38.4 Å². The lowest BCUT2D eigenvalue weighted by molar-refractivity contribution is 0.0953. The molecule has 7 heteroatoms. The molecule has 0 unspecified atom stereocenters. The summed E-state index contributed by atoms with van der Waals surface area (Å²) in [4.78, 5) is 14.7. The summed E-state index contributed by atoms with van der Waals surface area (Å²) in [6.45, 7) is 1.29. The Labute approximate surface area is 184 Å². The van der Waals surface area contributed by atoms with Gasteiger partial charge in [-0.2, -0.15) is 0 Å². The van der Waals surface area contributed by atoms with Gasteiger partial charge < -0.3 is 10.2 Å². The van der Waals surface area contributed by atoms with Crippen molar-refractivity contribution in [2.75, 3.05) is 36.4 Å². The molecule has 31 heavy (non-hydrogen) atoms. The monoisotopic (exact) mass is 437 g/mol. The first-order valence-corrected chi connectivity index (χ1v) is 11.5. The molecule has 0 spiro atoms. The summed E-state index contributed by atoms with van der Waals surface area (Å²) in [7, 11) is -0.259. The van der Waals surface area contributed by atoms with E-state index in [1.54, 1.807) is 36.4 Å². The van der Waals surface area contributed by atoms with Gasteiger partial charge >= 0.3 is 0 Å². The molecule has 3 aromatic carbocycles. The van der Waals surface area contributed by atoms with Crippen LogP contribution >= 0.6 is 0 Å². The summed E-state index contributed by atoms with van der Waals surface area (Å²) in [5.41, 5.74) is 1.99. The number of para-hydroxylation sites is 2. The van der Waals surface area contributed by atoms with E-state index in [1.165, 1.54) is 23.5 Å². The van der Waals surface area contributed by atoms with E-state index in [4.69, 9.17) is 0 Å². The number of sulfonamides is 1. The molecule has 162 valence electrons. The molecule has 3 aromatic rings. The van der Waals surface area contributed by atoms with Gasteiger partial charge in [-0.15, -0.1) is 0 Å². The SMILES string of the molecule is CN(CCCNC(=O)c1cccc(S(=O)(=O)N(C)c2ccccc2)c1)c1ccccc1. The molecule has 0 fully saturated rings. The Morgan fingerprint density at radius 2 is 1.45 bits per heavy atom. The average molecular weight is 438 g/mol. The maximum Gasteiger partial charge on any atom is 0.264 e. The van der Waals surface area contributed by atoms with Crippen LogP contribution in [0, 0.1) is 0 Å². The normalized spacial score (nSPS) is 11.0. The molecule has 0 saturated heterocycles. The number of carbonyl (C=O) groups excluding carboxylic acids is 1. The molecular weight excluding hydrogens is 410 g/mol. The van der Waals surface area contributed by atoms with E-state index >= 15 is 0 Å². The largest absolute Gasteiger partial charge is 0.375 e. The summed E-state index contributed by atoms with van der Waals surface area (Å²) in [5, 5.41) is 2.87. The molecule has 0 atom stereocenters. The molecular formula is C24H27N3O3S. The Bertz CT molecular complexity index is 1100. The summed E-state index contributed by atoms with van der Waals surface area (Å²) in [5.74, 6) is -0.290. The lowest BCUT2D eigenvalue weighted by Crippen LogP contribution is -2.29. The highest BCUT2D eigenvalue weighted by atomic mass is 32.2. The van der Waals surface area contributed by atoms with Crippen LogP contribution in [0.1, 0.15) is 16.8 Å². The van der Waals surface area contributed by atoms with Crippen LogP contribution in [0.2, 0.25) is 0 Å². The minimum absolute atomic E-state index is 0.0790. The number of benzene rings is 3. The van der Waals surface area contributed by atoms with Crippen molar-refractivity contribution in [2.45, 2.75) is 11.3 Å². The summed E-state index contributed by atoms with van der Waals surface area (Å²) in [6.07, 6.45) is 0.770. The van der Waals surface area contributed by atoms with Crippen LogP contribution in [-0.2, 0) is 10.0 Å². The number of nitrogens with one attached hydrogen (secondary N) is 1. The Morgan fingerprint density at radius 3 is 2.10 bits per heavy atom. The minimum atomic E-state index is -3.77. The van der Waals surface area contributed by atoms with Gasteiger partial charge in [0.05, 0.1) is 10.6 Å². The fourth-order valence-corrected chi connectivity index (χ4v) is 4.41. The van der Waals surface area contributed by atoms with Crippen molar-refractivity contribution < 1.29 is 13.2 Å². The van der Waals surface area contributed by atoms with Crippen LogP contribution in [0.5, 0.6) is 0 Å². The molecule has 0 saturated carbocycles. The molecule has 0 heterocycles. The van der Waals surface area contributed by atoms with Crippen LogP contribution in [0.3, 0.4) is 0 Å². The van der Waals surface area contributed by atoms with E-state index in [9.17, 15) is 13.2 Å². The number of hydrogen-bond donors (Lipinski definition) is 1. The van der Waals surface area contributed by atoms with E-state index in [0.717, 1.165) is 18.7 Å². The first-order valence-electron chi connectivity index (χ1n) is 10.1. The summed E-state index contributed by atoms with van der Waals surface area (Å²) in [6, 6.07) is 25.0. The molecule has 0 aliphatic carbocycles. The number of amides is 1. The minimum Gasteiger partial charge on any atom is -0.375 e. The highest BCUT2D eigenvalue weighted by molar-refractivity contribution is 7.92. The number of hydrogen-bond acceptors (Lipinski definition) is 4. The van der Waals surface area contributed by atoms with E-state index in [0.29, 0.717) is 17.8 Å². The molecule has 1 N–H and O–H groups in total. The van der Waals surface area contributed by atoms with Gasteiger partial charge in [-0.3, -0.25) is 9.10 Å². The zero-order chi connectivity index (χ0) is 22.3. The van der Waals surface area contributed by atoms with Crippen LogP contribution in [0.4, 0.5) is 11.4 Å². The number of nitrogens with zero attached hydrogens (tertiary/aromatic N) is 2. The lowest BCUT2D eigenvalue weighted by atomic mass is 10.2. The second-order valence-corrected chi connectivity index (χ2v) is 9.17. The smallest absolute Gasteiger partial charge is 0.264 e. The van der Waals surface area contributed by atoms with Gasteiger partial charge in [0.1, 0.15) is 0 Å². The molecule has 3 rings (SSSR count). The van der Waals surface area contributed by atoms with Crippen LogP contribution in [0.15, 0.2) is 89.8 Å². The molecule has 0 aliphatic rings. The molecule has 0 radical (unpaired) electrons. The Kier molecular flexibility index (Phi) is 7.31. The maximum atomic E-state index is 13.0. The fourth-order valence-electron chi connectivity index (χ4n) is 3.16. The summed E-state index contributed by atoms with van der Waals surface area (Å²) < 4.78 is 27.1. The zero-order valence-corrected chi connectivity index (χ0v) is 18.5. The number of anilines is 2. The number of carbonyl (C=O) groups is 1. The molecule has 0 bridgehead atoms. The molecule has 1 amide bonds. The van der Waals surface area contributed by atoms with Crippen molar-refractivity contribution in [1.82, 2.24) is 5.32 Å². The maximum absolute atomic E-state index is 13.0. The first-order chi connectivity index (χ1) is 14.9. The van der Waals surface area contributed by atoms with Crippen molar-refractivity contribution >= 4 is 27.3 Å². The quantitative estimate of drug-likeness (QED) is 0.518. The molecule has 6 nitrogen and oxygen atoms in total. The van der Waals surface area contributed by atoms with E-state index in [-0.39, 0.29) is 10.8 Å². The van der Waals surface area contributed by atoms with Crippen molar-refractivity contribution in [3.8, 4) is 0 Å². The van der Waals surface area contributed by atoms with Gasteiger partial charge in [0.25, 0.3) is 15.9 Å². The van der Waals surface area contributed by atoms with Crippen molar-refractivity contribution in [3.05, 3.63) is 90.5 Å². The second-order valence-electron chi connectivity index (χ2n) is 7.20.